The summed E-state index contributed by atoms with van der Waals surface area (Å²) in [5.74, 6) is 1.02. The number of halogens is 1. The number of aromatic nitrogens is 5. The van der Waals surface area contributed by atoms with Crippen LogP contribution in [0.4, 0.5) is 4.39 Å². The number of hydrogen-bond donors (Lipinski definition) is 2. The van der Waals surface area contributed by atoms with Crippen molar-refractivity contribution in [3.05, 3.63) is 82.4 Å². The molecule has 0 atom stereocenters. The third-order valence-electron chi connectivity index (χ3n) is 6.91. The van der Waals surface area contributed by atoms with E-state index in [2.05, 4.69) is 20.3 Å². The Morgan fingerprint density at radius 3 is 2.82 bits per heavy atom. The van der Waals surface area contributed by atoms with E-state index >= 15 is 0 Å². The molecule has 1 aromatic carbocycles. The highest BCUT2D eigenvalue weighted by Crippen LogP contribution is 2.42. The summed E-state index contributed by atoms with van der Waals surface area (Å²) >= 11 is 0. The Hall–Kier alpha value is -4.15. The van der Waals surface area contributed by atoms with E-state index in [0.29, 0.717) is 66.1 Å². The van der Waals surface area contributed by atoms with Crippen LogP contribution in [0, 0.1) is 12.7 Å². The van der Waals surface area contributed by atoms with Crippen molar-refractivity contribution in [1.82, 2.24) is 29.8 Å². The molecule has 10 heteroatoms. The van der Waals surface area contributed by atoms with Crippen molar-refractivity contribution in [2.24, 2.45) is 0 Å². The second kappa shape index (κ2) is 10.5. The first-order valence-corrected chi connectivity index (χ1v) is 13.1. The summed E-state index contributed by atoms with van der Waals surface area (Å²) < 4.78 is 26.6. The van der Waals surface area contributed by atoms with Crippen LogP contribution < -0.4 is 10.9 Å². The van der Waals surface area contributed by atoms with Gasteiger partial charge in [0.1, 0.15) is 34.9 Å². The Morgan fingerprint density at radius 2 is 2.05 bits per heavy atom. The number of benzene rings is 1. The van der Waals surface area contributed by atoms with Gasteiger partial charge in [0.25, 0.3) is 5.56 Å². The Balaban J connectivity index is 1.40. The molecule has 0 amide bonds. The van der Waals surface area contributed by atoms with E-state index in [1.165, 1.54) is 29.4 Å². The molecule has 9 nitrogen and oxygen atoms in total. The van der Waals surface area contributed by atoms with Gasteiger partial charge in [0.05, 0.1) is 12.1 Å². The average molecular weight is 529 g/mol. The fraction of sp³-hybridized carbons (Fsp3) is 0.310. The lowest BCUT2D eigenvalue weighted by atomic mass is 9.96. The SMILES string of the molecule is CCOCCNCc1cc2ncn(-c3cc(-c4ccc(F)cc4-c4ncoc4C)cc(C4CC4)n3)c(=O)c2[nH]1. The van der Waals surface area contributed by atoms with Crippen LogP contribution in [0.5, 0.6) is 0 Å². The molecule has 1 saturated carbocycles. The molecular formula is C29H29FN6O3. The monoisotopic (exact) mass is 528 g/mol. The minimum atomic E-state index is -0.367. The predicted molar refractivity (Wildman–Crippen MR) is 145 cm³/mol. The largest absolute Gasteiger partial charge is 0.448 e. The van der Waals surface area contributed by atoms with Gasteiger partial charge >= 0.3 is 0 Å². The zero-order chi connectivity index (χ0) is 26.9. The van der Waals surface area contributed by atoms with Gasteiger partial charge in [-0.05, 0) is 68.1 Å². The lowest BCUT2D eigenvalue weighted by Gasteiger charge is -2.13. The second-order valence-electron chi connectivity index (χ2n) is 9.71. The number of rotatable bonds is 10. The highest BCUT2D eigenvalue weighted by molar-refractivity contribution is 5.83. The van der Waals surface area contributed by atoms with Crippen molar-refractivity contribution in [3.63, 3.8) is 0 Å². The van der Waals surface area contributed by atoms with Crippen LogP contribution in [-0.2, 0) is 11.3 Å². The van der Waals surface area contributed by atoms with Crippen molar-refractivity contribution in [1.29, 1.82) is 0 Å². The molecule has 1 fully saturated rings. The van der Waals surface area contributed by atoms with Gasteiger partial charge in [-0.2, -0.15) is 0 Å². The fourth-order valence-corrected chi connectivity index (χ4v) is 4.76. The number of H-pyrrole nitrogens is 1. The van der Waals surface area contributed by atoms with Crippen LogP contribution in [0.2, 0.25) is 0 Å². The number of nitrogens with zero attached hydrogens (tertiary/aromatic N) is 4. The Labute approximate surface area is 224 Å². The Bertz CT molecular complexity index is 1700. The summed E-state index contributed by atoms with van der Waals surface area (Å²) in [7, 11) is 0. The molecule has 39 heavy (non-hydrogen) atoms. The van der Waals surface area contributed by atoms with E-state index in [-0.39, 0.29) is 11.4 Å². The molecule has 1 aliphatic rings. The van der Waals surface area contributed by atoms with Crippen LogP contribution in [0.25, 0.3) is 39.2 Å². The molecule has 4 heterocycles. The number of nitrogens with one attached hydrogen (secondary N) is 2. The van der Waals surface area contributed by atoms with Gasteiger partial charge < -0.3 is 19.5 Å². The smallest absolute Gasteiger partial charge is 0.283 e. The first-order chi connectivity index (χ1) is 19.0. The number of fused-ring (bicyclic) bond motifs is 1. The Kier molecular flexibility index (Phi) is 6.80. The first-order valence-electron chi connectivity index (χ1n) is 13.1. The number of hydrogen-bond acceptors (Lipinski definition) is 7. The highest BCUT2D eigenvalue weighted by Gasteiger charge is 2.27. The average Bonchev–Trinajstić information content (AvgIpc) is 3.57. The number of oxazole rings is 1. The van der Waals surface area contributed by atoms with E-state index in [4.69, 9.17) is 14.1 Å². The van der Waals surface area contributed by atoms with E-state index in [9.17, 15) is 9.18 Å². The molecule has 6 rings (SSSR count). The Morgan fingerprint density at radius 1 is 1.18 bits per heavy atom. The highest BCUT2D eigenvalue weighted by atomic mass is 19.1. The van der Waals surface area contributed by atoms with Crippen molar-refractivity contribution in [2.45, 2.75) is 39.2 Å². The number of aryl methyl sites for hydroxylation is 1. The van der Waals surface area contributed by atoms with Gasteiger partial charge in [0.15, 0.2) is 6.39 Å². The first kappa shape index (κ1) is 25.1. The van der Waals surface area contributed by atoms with E-state index in [0.717, 1.165) is 35.4 Å². The molecule has 0 spiro atoms. The minimum absolute atomic E-state index is 0.237. The summed E-state index contributed by atoms with van der Waals surface area (Å²) in [6.45, 7) is 6.33. The standard InChI is InChI=1S/C29H29FN6O3/c1-3-38-9-8-31-14-21-13-25-28(34-21)29(37)36(15-32-25)26-11-19(10-24(35-26)18-4-5-18)22-7-6-20(30)12-23(22)27-17(2)39-16-33-27/h6-7,10-13,15-16,18,31,34H,3-5,8-9,14H2,1-2H3. The maximum Gasteiger partial charge on any atom is 0.283 e. The molecule has 1 aliphatic carbocycles. The van der Waals surface area contributed by atoms with Gasteiger partial charge in [-0.25, -0.2) is 23.9 Å². The van der Waals surface area contributed by atoms with Crippen LogP contribution >= 0.6 is 0 Å². The van der Waals surface area contributed by atoms with Crippen LogP contribution in [0.3, 0.4) is 0 Å². The molecule has 2 N–H and O–H groups in total. The second-order valence-corrected chi connectivity index (χ2v) is 9.71. The number of aromatic amines is 1. The van der Waals surface area contributed by atoms with Crippen LogP contribution in [0.1, 0.15) is 42.8 Å². The topological polar surface area (TPSA) is 111 Å². The normalized spacial score (nSPS) is 13.4. The molecule has 0 radical (unpaired) electrons. The molecule has 0 bridgehead atoms. The predicted octanol–water partition coefficient (Wildman–Crippen LogP) is 4.88. The van der Waals surface area contributed by atoms with E-state index in [1.54, 1.807) is 13.0 Å². The molecule has 4 aromatic heterocycles. The van der Waals surface area contributed by atoms with E-state index < -0.39 is 0 Å². The summed E-state index contributed by atoms with van der Waals surface area (Å²) in [5, 5.41) is 3.30. The number of ether oxygens (including phenoxy) is 1. The summed E-state index contributed by atoms with van der Waals surface area (Å²) in [6.07, 6.45) is 4.95. The van der Waals surface area contributed by atoms with E-state index in [1.807, 2.05) is 25.1 Å². The van der Waals surface area contributed by atoms with Gasteiger partial charge in [-0.3, -0.25) is 4.79 Å². The van der Waals surface area contributed by atoms with Crippen LogP contribution in [-0.4, -0.2) is 44.3 Å². The molecular weight excluding hydrogens is 499 g/mol. The van der Waals surface area contributed by atoms with Crippen molar-refractivity contribution in [3.8, 4) is 28.2 Å². The van der Waals surface area contributed by atoms with Gasteiger partial charge in [0, 0.05) is 42.6 Å². The van der Waals surface area contributed by atoms with Gasteiger partial charge in [0.2, 0.25) is 0 Å². The molecule has 200 valence electrons. The third kappa shape index (κ3) is 5.13. The molecule has 0 unspecified atom stereocenters. The summed E-state index contributed by atoms with van der Waals surface area (Å²) in [5.41, 5.74) is 5.32. The lowest BCUT2D eigenvalue weighted by molar-refractivity contribution is 0.149. The zero-order valence-electron chi connectivity index (χ0n) is 21.8. The number of pyridine rings is 1. The molecule has 0 aliphatic heterocycles. The van der Waals surface area contributed by atoms with Crippen molar-refractivity contribution >= 4 is 11.0 Å². The molecule has 0 saturated heterocycles. The quantitative estimate of drug-likeness (QED) is 0.249. The zero-order valence-corrected chi connectivity index (χ0v) is 21.8. The van der Waals surface area contributed by atoms with Crippen molar-refractivity contribution < 1.29 is 13.5 Å². The summed E-state index contributed by atoms with van der Waals surface area (Å²) in [6, 6.07) is 10.3. The fourth-order valence-electron chi connectivity index (χ4n) is 4.76. The van der Waals surface area contributed by atoms with Crippen molar-refractivity contribution in [2.75, 3.05) is 19.8 Å². The maximum atomic E-state index is 14.3. The minimum Gasteiger partial charge on any atom is -0.448 e. The van der Waals surface area contributed by atoms with Gasteiger partial charge in [-0.15, -0.1) is 0 Å². The maximum absolute atomic E-state index is 14.3. The third-order valence-corrected chi connectivity index (χ3v) is 6.91. The van der Waals surface area contributed by atoms with Crippen LogP contribution in [0.15, 0.2) is 58.3 Å². The molecule has 5 aromatic rings. The lowest BCUT2D eigenvalue weighted by Crippen LogP contribution is -2.21. The summed E-state index contributed by atoms with van der Waals surface area (Å²) in [4.78, 5) is 30.5. The van der Waals surface area contributed by atoms with Gasteiger partial charge in [-0.1, -0.05) is 6.07 Å².